The summed E-state index contributed by atoms with van der Waals surface area (Å²) in [6.07, 6.45) is 5.04. The molecule has 3 N–H and O–H groups in total. The summed E-state index contributed by atoms with van der Waals surface area (Å²) in [5.41, 5.74) is 6.89. The molecule has 4 atom stereocenters. The Labute approximate surface area is 179 Å². The Morgan fingerprint density at radius 2 is 1.73 bits per heavy atom. The van der Waals surface area contributed by atoms with Crippen LogP contribution in [0.5, 0.6) is 0 Å². The van der Waals surface area contributed by atoms with E-state index in [1.54, 1.807) is 4.90 Å². The van der Waals surface area contributed by atoms with Gasteiger partial charge in [0.2, 0.25) is 17.6 Å². The largest absolute Gasteiger partial charge is 0.344 e. The van der Waals surface area contributed by atoms with Crippen molar-refractivity contribution >= 4 is 23.4 Å². The SMILES string of the molecule is CC(=O)C(=O)C(CC1CC1)NC(=O)[C@@H]1CC(C=C(C)C)CN1C(=O)[C@@H](N)C(C)(C)C. The maximum absolute atomic E-state index is 13.2. The van der Waals surface area contributed by atoms with Crippen LogP contribution in [0.3, 0.4) is 0 Å². The first-order valence-electron chi connectivity index (χ1n) is 10.9. The molecule has 0 spiro atoms. The molecule has 7 heteroatoms. The molecule has 2 fully saturated rings. The summed E-state index contributed by atoms with van der Waals surface area (Å²) in [7, 11) is 0. The predicted octanol–water partition coefficient (Wildman–Crippen LogP) is 1.99. The molecule has 0 aromatic carbocycles. The van der Waals surface area contributed by atoms with E-state index in [0.29, 0.717) is 25.3 Å². The molecule has 30 heavy (non-hydrogen) atoms. The second-order valence-corrected chi connectivity index (χ2v) is 10.3. The van der Waals surface area contributed by atoms with Crippen LogP contribution in [-0.2, 0) is 19.2 Å². The molecule has 2 amide bonds. The molecular weight excluding hydrogens is 382 g/mol. The van der Waals surface area contributed by atoms with Crippen LogP contribution in [0.2, 0.25) is 0 Å². The van der Waals surface area contributed by atoms with E-state index in [4.69, 9.17) is 5.73 Å². The minimum Gasteiger partial charge on any atom is -0.344 e. The van der Waals surface area contributed by atoms with Gasteiger partial charge in [-0.15, -0.1) is 0 Å². The first kappa shape index (κ1) is 24.3. The van der Waals surface area contributed by atoms with E-state index in [1.807, 2.05) is 34.6 Å². The van der Waals surface area contributed by atoms with Gasteiger partial charge in [-0.25, -0.2) is 0 Å². The van der Waals surface area contributed by atoms with E-state index >= 15 is 0 Å². The fourth-order valence-corrected chi connectivity index (χ4v) is 3.93. The molecule has 0 aromatic rings. The van der Waals surface area contributed by atoms with E-state index in [9.17, 15) is 19.2 Å². The number of ketones is 2. The highest BCUT2D eigenvalue weighted by Gasteiger charge is 2.43. The minimum absolute atomic E-state index is 0.0484. The number of Topliss-reactive ketones (excluding diaryl/α,β-unsaturated/α-hetero) is 2. The second kappa shape index (κ2) is 9.41. The van der Waals surface area contributed by atoms with Crippen LogP contribution >= 0.6 is 0 Å². The average Bonchev–Trinajstić information content (AvgIpc) is 3.35. The third-order valence-corrected chi connectivity index (χ3v) is 5.93. The molecule has 1 heterocycles. The zero-order valence-electron chi connectivity index (χ0n) is 19.2. The third-order valence-electron chi connectivity index (χ3n) is 5.93. The van der Waals surface area contributed by atoms with Crippen LogP contribution in [0.4, 0.5) is 0 Å². The molecule has 2 rings (SSSR count). The zero-order valence-corrected chi connectivity index (χ0v) is 19.2. The van der Waals surface area contributed by atoms with E-state index in [-0.39, 0.29) is 17.7 Å². The number of carbonyl (C=O) groups is 4. The Kier molecular flexibility index (Phi) is 7.61. The van der Waals surface area contributed by atoms with Crippen LogP contribution in [0, 0.1) is 17.3 Å². The summed E-state index contributed by atoms with van der Waals surface area (Å²) >= 11 is 0. The highest BCUT2D eigenvalue weighted by molar-refractivity contribution is 6.38. The van der Waals surface area contributed by atoms with E-state index in [0.717, 1.165) is 18.4 Å². The number of nitrogens with zero attached hydrogens (tertiary/aromatic N) is 1. The molecule has 1 saturated carbocycles. The van der Waals surface area contributed by atoms with Gasteiger partial charge in [0, 0.05) is 13.5 Å². The van der Waals surface area contributed by atoms with E-state index in [1.165, 1.54) is 6.92 Å². The lowest BCUT2D eigenvalue weighted by Gasteiger charge is -2.33. The number of likely N-dealkylation sites (tertiary alicyclic amines) is 1. The number of allylic oxidation sites excluding steroid dienone is 1. The summed E-state index contributed by atoms with van der Waals surface area (Å²) in [5, 5.41) is 2.78. The van der Waals surface area contributed by atoms with Crippen molar-refractivity contribution in [3.05, 3.63) is 11.6 Å². The van der Waals surface area contributed by atoms with Gasteiger partial charge in [0.1, 0.15) is 6.04 Å². The molecule has 1 aliphatic carbocycles. The standard InChI is InChI=1S/C23H37N3O4/c1-13(2)9-16-11-18(26(12-16)22(30)20(24)23(4,5)6)21(29)25-17(10-15-7-8-15)19(28)14(3)27/h9,15-18,20H,7-8,10-12,24H2,1-6H3,(H,25,29)/t16?,17?,18-,20+/m0/s1. The fraction of sp³-hybridized carbons (Fsp3) is 0.739. The molecule has 0 radical (unpaired) electrons. The van der Waals surface area contributed by atoms with Crippen molar-refractivity contribution in [3.63, 3.8) is 0 Å². The molecule has 1 aliphatic heterocycles. The lowest BCUT2D eigenvalue weighted by molar-refractivity contribution is -0.142. The van der Waals surface area contributed by atoms with Crippen LogP contribution < -0.4 is 11.1 Å². The summed E-state index contributed by atoms with van der Waals surface area (Å²) < 4.78 is 0. The lowest BCUT2D eigenvalue weighted by atomic mass is 9.86. The quantitative estimate of drug-likeness (QED) is 0.462. The highest BCUT2D eigenvalue weighted by atomic mass is 16.2. The molecule has 0 bridgehead atoms. The number of hydrogen-bond donors (Lipinski definition) is 2. The maximum Gasteiger partial charge on any atom is 0.243 e. The Hall–Kier alpha value is -2.02. The van der Waals surface area contributed by atoms with Crippen LogP contribution in [0.15, 0.2) is 11.6 Å². The number of rotatable bonds is 8. The second-order valence-electron chi connectivity index (χ2n) is 10.3. The lowest BCUT2D eigenvalue weighted by Crippen LogP contribution is -2.56. The van der Waals surface area contributed by atoms with Gasteiger partial charge in [0.05, 0.1) is 12.1 Å². The van der Waals surface area contributed by atoms with E-state index < -0.39 is 35.1 Å². The number of carbonyl (C=O) groups excluding carboxylic acids is 4. The summed E-state index contributed by atoms with van der Waals surface area (Å²) in [4.78, 5) is 51.9. The van der Waals surface area contributed by atoms with Crippen molar-refractivity contribution in [2.75, 3.05) is 6.54 Å². The van der Waals surface area contributed by atoms with Gasteiger partial charge in [0.25, 0.3) is 0 Å². The molecule has 2 aliphatic rings. The van der Waals surface area contributed by atoms with Crippen molar-refractivity contribution in [2.24, 2.45) is 23.0 Å². The van der Waals surface area contributed by atoms with Crippen LogP contribution in [-0.4, -0.2) is 53.0 Å². The Bertz CT molecular complexity index is 729. The topological polar surface area (TPSA) is 110 Å². The summed E-state index contributed by atoms with van der Waals surface area (Å²) in [6, 6.07) is -2.26. The Morgan fingerprint density at radius 3 is 2.20 bits per heavy atom. The number of nitrogens with two attached hydrogens (primary N) is 1. The molecule has 7 nitrogen and oxygen atoms in total. The molecule has 0 aromatic heterocycles. The van der Waals surface area contributed by atoms with Crippen LogP contribution in [0.1, 0.15) is 67.2 Å². The first-order chi connectivity index (χ1) is 13.8. The zero-order chi connectivity index (χ0) is 22.8. The normalized spacial score (nSPS) is 23.5. The Balaban J connectivity index is 2.22. The monoisotopic (exact) mass is 419 g/mol. The number of amides is 2. The van der Waals surface area contributed by atoms with Crippen molar-refractivity contribution in [1.82, 2.24) is 10.2 Å². The van der Waals surface area contributed by atoms with Crippen molar-refractivity contribution < 1.29 is 19.2 Å². The van der Waals surface area contributed by atoms with Crippen molar-refractivity contribution in [1.29, 1.82) is 0 Å². The Morgan fingerprint density at radius 1 is 1.13 bits per heavy atom. The van der Waals surface area contributed by atoms with Crippen LogP contribution in [0.25, 0.3) is 0 Å². The predicted molar refractivity (Wildman–Crippen MR) is 115 cm³/mol. The highest BCUT2D eigenvalue weighted by Crippen LogP contribution is 2.34. The fourth-order valence-electron chi connectivity index (χ4n) is 3.93. The van der Waals surface area contributed by atoms with Gasteiger partial charge < -0.3 is 16.0 Å². The minimum atomic E-state index is -0.821. The first-order valence-corrected chi connectivity index (χ1v) is 10.9. The summed E-state index contributed by atoms with van der Waals surface area (Å²) in [5.74, 6) is -1.35. The summed E-state index contributed by atoms with van der Waals surface area (Å²) in [6.45, 7) is 11.3. The van der Waals surface area contributed by atoms with E-state index in [2.05, 4.69) is 11.4 Å². The number of hydrogen-bond acceptors (Lipinski definition) is 5. The van der Waals surface area contributed by atoms with Crippen molar-refractivity contribution in [3.8, 4) is 0 Å². The number of nitrogens with one attached hydrogen (secondary N) is 1. The molecule has 1 saturated heterocycles. The van der Waals surface area contributed by atoms with Gasteiger partial charge >= 0.3 is 0 Å². The van der Waals surface area contributed by atoms with Gasteiger partial charge in [-0.1, -0.05) is 45.3 Å². The maximum atomic E-state index is 13.2. The smallest absolute Gasteiger partial charge is 0.243 e. The molecule has 168 valence electrons. The van der Waals surface area contributed by atoms with Crippen molar-refractivity contribution in [2.45, 2.75) is 85.4 Å². The van der Waals surface area contributed by atoms with Gasteiger partial charge in [-0.2, -0.15) is 0 Å². The van der Waals surface area contributed by atoms with Gasteiger partial charge in [-0.05, 0) is 43.9 Å². The average molecular weight is 420 g/mol. The molecular formula is C23H37N3O4. The van der Waals surface area contributed by atoms with Gasteiger partial charge in [-0.3, -0.25) is 19.2 Å². The molecule has 2 unspecified atom stereocenters. The third kappa shape index (κ3) is 6.24. The van der Waals surface area contributed by atoms with Gasteiger partial charge in [0.15, 0.2) is 5.78 Å².